The predicted octanol–water partition coefficient (Wildman–Crippen LogP) is 1.31. The van der Waals surface area contributed by atoms with Crippen LogP contribution in [0.1, 0.15) is 18.4 Å². The van der Waals surface area contributed by atoms with Gasteiger partial charge in [0.2, 0.25) is 5.91 Å². The van der Waals surface area contributed by atoms with Crippen LogP contribution in [-0.4, -0.2) is 27.7 Å². The van der Waals surface area contributed by atoms with Gasteiger partial charge in [-0.3, -0.25) is 9.00 Å². The van der Waals surface area contributed by atoms with Crippen molar-refractivity contribution in [2.45, 2.75) is 18.9 Å². The molecule has 1 aromatic rings. The minimum atomic E-state index is -0.693. The lowest BCUT2D eigenvalue weighted by atomic mass is 10.1. The lowest BCUT2D eigenvalue weighted by molar-refractivity contribution is -0.117. The second kappa shape index (κ2) is 6.52. The summed E-state index contributed by atoms with van der Waals surface area (Å²) in [6.45, 7) is 0. The summed E-state index contributed by atoms with van der Waals surface area (Å²) in [5.41, 5.74) is 7.23. The molecule has 1 heterocycles. The van der Waals surface area contributed by atoms with E-state index in [1.807, 2.05) is 12.1 Å². The molecule has 1 aliphatic heterocycles. The van der Waals surface area contributed by atoms with E-state index in [0.717, 1.165) is 18.4 Å². The summed E-state index contributed by atoms with van der Waals surface area (Å²) < 4.78 is 11.2. The monoisotopic (exact) mass is 278 g/mol. The molecular formula is C14H18N2O2S. The van der Waals surface area contributed by atoms with Gasteiger partial charge in [-0.1, -0.05) is 12.1 Å². The number of carbonyl (C=O) groups excluding carboxylic acids is 1. The first-order valence-electron chi connectivity index (χ1n) is 6.32. The zero-order chi connectivity index (χ0) is 13.7. The molecule has 0 spiro atoms. The van der Waals surface area contributed by atoms with Gasteiger partial charge in [0, 0.05) is 40.1 Å². The van der Waals surface area contributed by atoms with Crippen LogP contribution in [0.25, 0.3) is 6.08 Å². The number of carbonyl (C=O) groups is 1. The molecule has 0 aromatic heterocycles. The third kappa shape index (κ3) is 4.52. The summed E-state index contributed by atoms with van der Waals surface area (Å²) in [6.07, 6.45) is 4.88. The zero-order valence-corrected chi connectivity index (χ0v) is 11.5. The van der Waals surface area contributed by atoms with Crippen molar-refractivity contribution in [1.82, 2.24) is 5.32 Å². The van der Waals surface area contributed by atoms with Crippen LogP contribution in [0.15, 0.2) is 30.3 Å². The lowest BCUT2D eigenvalue weighted by Gasteiger charge is -2.21. The summed E-state index contributed by atoms with van der Waals surface area (Å²) in [6, 6.07) is 7.48. The van der Waals surface area contributed by atoms with Gasteiger partial charge >= 0.3 is 0 Å². The van der Waals surface area contributed by atoms with Crippen LogP contribution < -0.4 is 11.1 Å². The quantitative estimate of drug-likeness (QED) is 0.647. The maximum atomic E-state index is 11.7. The highest BCUT2D eigenvalue weighted by Gasteiger charge is 2.18. The molecule has 3 N–H and O–H groups in total. The van der Waals surface area contributed by atoms with Crippen molar-refractivity contribution in [1.29, 1.82) is 0 Å². The number of hydrogen-bond donors (Lipinski definition) is 2. The van der Waals surface area contributed by atoms with Crippen LogP contribution in [0.4, 0.5) is 5.69 Å². The Bertz CT molecular complexity index is 487. The Morgan fingerprint density at radius 2 is 1.89 bits per heavy atom. The second-order valence-corrected chi connectivity index (χ2v) is 6.33. The number of hydrogen-bond acceptors (Lipinski definition) is 3. The maximum absolute atomic E-state index is 11.7. The van der Waals surface area contributed by atoms with Crippen molar-refractivity contribution in [3.8, 4) is 0 Å². The van der Waals surface area contributed by atoms with Crippen molar-refractivity contribution in [3.05, 3.63) is 35.9 Å². The summed E-state index contributed by atoms with van der Waals surface area (Å²) in [5.74, 6) is 1.27. The highest BCUT2D eigenvalue weighted by atomic mass is 32.2. The summed E-state index contributed by atoms with van der Waals surface area (Å²) in [7, 11) is -0.693. The molecule has 0 unspecified atom stereocenters. The Morgan fingerprint density at radius 3 is 2.53 bits per heavy atom. The zero-order valence-electron chi connectivity index (χ0n) is 10.7. The van der Waals surface area contributed by atoms with Gasteiger partial charge in [0.15, 0.2) is 0 Å². The third-order valence-electron chi connectivity index (χ3n) is 3.10. The molecule has 2 rings (SSSR count). The lowest BCUT2D eigenvalue weighted by Crippen LogP contribution is -2.38. The summed E-state index contributed by atoms with van der Waals surface area (Å²) >= 11 is 0. The first-order chi connectivity index (χ1) is 9.13. The van der Waals surface area contributed by atoms with Gasteiger partial charge in [0.25, 0.3) is 0 Å². The molecule has 0 aliphatic carbocycles. The van der Waals surface area contributed by atoms with Crippen molar-refractivity contribution < 1.29 is 9.00 Å². The van der Waals surface area contributed by atoms with E-state index < -0.39 is 10.8 Å². The van der Waals surface area contributed by atoms with Gasteiger partial charge in [-0.05, 0) is 36.6 Å². The van der Waals surface area contributed by atoms with Gasteiger partial charge in [0.1, 0.15) is 0 Å². The van der Waals surface area contributed by atoms with Crippen molar-refractivity contribution in [2.75, 3.05) is 17.2 Å². The van der Waals surface area contributed by atoms with Gasteiger partial charge in [0.05, 0.1) is 0 Å². The van der Waals surface area contributed by atoms with E-state index in [2.05, 4.69) is 5.32 Å². The van der Waals surface area contributed by atoms with Crippen molar-refractivity contribution >= 4 is 28.5 Å². The molecule has 4 nitrogen and oxygen atoms in total. The van der Waals surface area contributed by atoms with Crippen molar-refractivity contribution in [3.63, 3.8) is 0 Å². The van der Waals surface area contributed by atoms with Gasteiger partial charge in [-0.15, -0.1) is 0 Å². The number of nitrogen functional groups attached to an aromatic ring is 1. The van der Waals surface area contributed by atoms with E-state index in [9.17, 15) is 9.00 Å². The SMILES string of the molecule is Nc1ccc(/C=C/C(=O)NC2CCS(=O)CC2)cc1. The van der Waals surface area contributed by atoms with Crippen LogP contribution in [-0.2, 0) is 15.6 Å². The minimum Gasteiger partial charge on any atom is -0.399 e. The number of nitrogens with two attached hydrogens (primary N) is 1. The number of anilines is 1. The van der Waals surface area contributed by atoms with Crippen LogP contribution in [0, 0.1) is 0 Å². The van der Waals surface area contributed by atoms with E-state index in [1.54, 1.807) is 18.2 Å². The minimum absolute atomic E-state index is 0.102. The van der Waals surface area contributed by atoms with Gasteiger partial charge in [-0.2, -0.15) is 0 Å². The first-order valence-corrected chi connectivity index (χ1v) is 7.81. The average molecular weight is 278 g/mol. The normalized spacial score (nSPS) is 23.4. The highest BCUT2D eigenvalue weighted by Crippen LogP contribution is 2.10. The molecule has 0 atom stereocenters. The third-order valence-corrected chi connectivity index (χ3v) is 4.48. The molecule has 1 amide bonds. The Morgan fingerprint density at radius 1 is 1.26 bits per heavy atom. The largest absolute Gasteiger partial charge is 0.399 e. The number of amides is 1. The van der Waals surface area contributed by atoms with Gasteiger partial charge < -0.3 is 11.1 Å². The summed E-state index contributed by atoms with van der Waals surface area (Å²) in [4.78, 5) is 11.7. The molecule has 1 fully saturated rings. The molecule has 1 aliphatic rings. The number of benzene rings is 1. The fourth-order valence-electron chi connectivity index (χ4n) is 1.97. The number of nitrogens with one attached hydrogen (secondary N) is 1. The molecule has 5 heteroatoms. The Hall–Kier alpha value is -1.62. The molecule has 0 saturated carbocycles. The smallest absolute Gasteiger partial charge is 0.244 e. The van der Waals surface area contributed by atoms with Crippen LogP contribution >= 0.6 is 0 Å². The average Bonchev–Trinajstić information content (AvgIpc) is 2.41. The van der Waals surface area contributed by atoms with Crippen LogP contribution in [0.3, 0.4) is 0 Å². The Labute approximate surface area is 115 Å². The van der Waals surface area contributed by atoms with E-state index in [1.165, 1.54) is 6.08 Å². The second-order valence-electron chi connectivity index (χ2n) is 4.63. The van der Waals surface area contributed by atoms with Crippen LogP contribution in [0.2, 0.25) is 0 Å². The van der Waals surface area contributed by atoms with Gasteiger partial charge in [-0.25, -0.2) is 0 Å². The standard InChI is InChI=1S/C14H18N2O2S/c15-12-4-1-11(2-5-12)3-6-14(17)16-13-7-9-19(18)10-8-13/h1-6,13H,7-10,15H2,(H,16,17)/b6-3+. The molecule has 102 valence electrons. The molecular weight excluding hydrogens is 260 g/mol. The van der Waals surface area contributed by atoms with E-state index in [-0.39, 0.29) is 11.9 Å². The number of rotatable bonds is 3. The van der Waals surface area contributed by atoms with E-state index >= 15 is 0 Å². The van der Waals surface area contributed by atoms with Crippen molar-refractivity contribution in [2.24, 2.45) is 0 Å². The molecule has 1 aromatic carbocycles. The molecule has 0 bridgehead atoms. The highest BCUT2D eigenvalue weighted by molar-refractivity contribution is 7.85. The first kappa shape index (κ1) is 13.8. The Kier molecular flexibility index (Phi) is 4.74. The predicted molar refractivity (Wildman–Crippen MR) is 78.9 cm³/mol. The fraction of sp³-hybridized carbons (Fsp3) is 0.357. The molecule has 1 saturated heterocycles. The Balaban J connectivity index is 1.83. The molecule has 19 heavy (non-hydrogen) atoms. The topological polar surface area (TPSA) is 72.2 Å². The maximum Gasteiger partial charge on any atom is 0.244 e. The van der Waals surface area contributed by atoms with E-state index in [0.29, 0.717) is 17.2 Å². The van der Waals surface area contributed by atoms with Crippen LogP contribution in [0.5, 0.6) is 0 Å². The fourth-order valence-corrected chi connectivity index (χ4v) is 3.27. The molecule has 0 radical (unpaired) electrons. The van der Waals surface area contributed by atoms with E-state index in [4.69, 9.17) is 5.73 Å². The summed E-state index contributed by atoms with van der Waals surface area (Å²) in [5, 5.41) is 2.94.